The number of nitrogens with zero attached hydrogens (tertiary/aromatic N) is 3. The van der Waals surface area contributed by atoms with E-state index in [0.717, 1.165) is 37.9 Å². The molecule has 1 aliphatic heterocycles. The highest BCUT2D eigenvalue weighted by atomic mass is 16.5. The first-order chi connectivity index (χ1) is 9.76. The van der Waals surface area contributed by atoms with E-state index in [9.17, 15) is 4.79 Å². The van der Waals surface area contributed by atoms with E-state index in [2.05, 4.69) is 10.1 Å². The van der Waals surface area contributed by atoms with E-state index in [4.69, 9.17) is 4.52 Å². The first-order valence-corrected chi connectivity index (χ1v) is 6.86. The summed E-state index contributed by atoms with van der Waals surface area (Å²) in [4.78, 5) is 17.0. The molecule has 2 aromatic rings. The maximum absolute atomic E-state index is 10.7. The van der Waals surface area contributed by atoms with Crippen molar-refractivity contribution in [2.24, 2.45) is 0 Å². The molecule has 2 heterocycles. The van der Waals surface area contributed by atoms with Gasteiger partial charge >= 0.3 is 0 Å². The molecule has 104 valence electrons. The Hall–Kier alpha value is -2.17. The molecule has 1 amide bonds. The Balaban J connectivity index is 1.74. The van der Waals surface area contributed by atoms with Crippen LogP contribution in [-0.2, 0) is 4.79 Å². The minimum absolute atomic E-state index is 0.262. The molecule has 0 bridgehead atoms. The van der Waals surface area contributed by atoms with Gasteiger partial charge < -0.3 is 9.42 Å². The van der Waals surface area contributed by atoms with Crippen molar-refractivity contribution in [1.29, 1.82) is 0 Å². The van der Waals surface area contributed by atoms with Crippen molar-refractivity contribution in [2.45, 2.75) is 25.7 Å². The third kappa shape index (κ3) is 2.57. The summed E-state index contributed by atoms with van der Waals surface area (Å²) in [6.45, 7) is 3.57. The van der Waals surface area contributed by atoms with Crippen LogP contribution in [0.15, 0.2) is 28.8 Å². The molecule has 1 saturated heterocycles. The van der Waals surface area contributed by atoms with Crippen LogP contribution in [0, 0.1) is 6.92 Å². The first kappa shape index (κ1) is 12.8. The third-order valence-corrected chi connectivity index (χ3v) is 3.78. The van der Waals surface area contributed by atoms with Crippen molar-refractivity contribution in [3.63, 3.8) is 0 Å². The van der Waals surface area contributed by atoms with E-state index in [0.29, 0.717) is 11.7 Å². The molecule has 3 rings (SSSR count). The van der Waals surface area contributed by atoms with Crippen LogP contribution in [0.5, 0.6) is 0 Å². The summed E-state index contributed by atoms with van der Waals surface area (Å²) < 4.78 is 5.39. The topological polar surface area (TPSA) is 59.2 Å². The molecule has 0 spiro atoms. The van der Waals surface area contributed by atoms with Crippen molar-refractivity contribution in [3.05, 3.63) is 35.7 Å². The lowest BCUT2D eigenvalue weighted by Crippen LogP contribution is -2.31. The molecule has 0 aliphatic carbocycles. The predicted molar refractivity (Wildman–Crippen MR) is 74.1 cm³/mol. The van der Waals surface area contributed by atoms with Gasteiger partial charge in [0.15, 0.2) is 0 Å². The Labute approximate surface area is 117 Å². The second-order valence-corrected chi connectivity index (χ2v) is 5.24. The predicted octanol–water partition coefficient (Wildman–Crippen LogP) is 2.38. The standard InChI is InChI=1S/C15H17N3O2/c1-11-2-4-12(5-3-11)14-16-15(20-17-14)13-6-8-18(10-19)9-7-13/h2-5,10,13H,6-9H2,1H3. The monoisotopic (exact) mass is 271 g/mol. The molecule has 5 nitrogen and oxygen atoms in total. The Morgan fingerprint density at radius 1 is 1.25 bits per heavy atom. The maximum atomic E-state index is 10.7. The maximum Gasteiger partial charge on any atom is 0.230 e. The molecular weight excluding hydrogens is 254 g/mol. The molecule has 1 fully saturated rings. The summed E-state index contributed by atoms with van der Waals surface area (Å²) in [5.74, 6) is 1.59. The van der Waals surface area contributed by atoms with Gasteiger partial charge in [-0.05, 0) is 19.8 Å². The lowest BCUT2D eigenvalue weighted by Gasteiger charge is -2.26. The fraction of sp³-hybridized carbons (Fsp3) is 0.400. The van der Waals surface area contributed by atoms with Gasteiger partial charge in [-0.2, -0.15) is 4.98 Å². The molecule has 20 heavy (non-hydrogen) atoms. The first-order valence-electron chi connectivity index (χ1n) is 6.86. The highest BCUT2D eigenvalue weighted by Gasteiger charge is 2.24. The average molecular weight is 271 g/mol. The highest BCUT2D eigenvalue weighted by molar-refractivity contribution is 5.54. The summed E-state index contributed by atoms with van der Waals surface area (Å²) in [6.07, 6.45) is 2.67. The van der Waals surface area contributed by atoms with Crippen LogP contribution in [0.25, 0.3) is 11.4 Å². The number of likely N-dealkylation sites (tertiary alicyclic amines) is 1. The minimum Gasteiger partial charge on any atom is -0.345 e. The number of amides is 1. The number of aryl methyl sites for hydroxylation is 1. The lowest BCUT2D eigenvalue weighted by atomic mass is 9.97. The molecule has 1 aliphatic rings. The number of hydrogen-bond acceptors (Lipinski definition) is 4. The van der Waals surface area contributed by atoms with Gasteiger partial charge in [0.1, 0.15) is 0 Å². The fourth-order valence-corrected chi connectivity index (χ4v) is 2.47. The Morgan fingerprint density at radius 3 is 2.60 bits per heavy atom. The second-order valence-electron chi connectivity index (χ2n) is 5.24. The largest absolute Gasteiger partial charge is 0.345 e. The fourth-order valence-electron chi connectivity index (χ4n) is 2.47. The van der Waals surface area contributed by atoms with E-state index in [-0.39, 0.29) is 5.92 Å². The van der Waals surface area contributed by atoms with Crippen molar-refractivity contribution in [2.75, 3.05) is 13.1 Å². The van der Waals surface area contributed by atoms with Gasteiger partial charge in [-0.15, -0.1) is 0 Å². The molecule has 5 heteroatoms. The van der Waals surface area contributed by atoms with Crippen LogP contribution in [0.1, 0.15) is 30.2 Å². The number of carbonyl (C=O) groups excluding carboxylic acids is 1. The summed E-state index contributed by atoms with van der Waals surface area (Å²) in [6, 6.07) is 8.07. The quantitative estimate of drug-likeness (QED) is 0.804. The average Bonchev–Trinajstić information content (AvgIpc) is 2.98. The van der Waals surface area contributed by atoms with Crippen molar-refractivity contribution >= 4 is 6.41 Å². The Morgan fingerprint density at radius 2 is 1.95 bits per heavy atom. The normalized spacial score (nSPS) is 16.4. The van der Waals surface area contributed by atoms with Crippen LogP contribution in [0.4, 0.5) is 0 Å². The summed E-state index contributed by atoms with van der Waals surface area (Å²) in [5, 5.41) is 4.06. The second kappa shape index (κ2) is 5.45. The molecule has 0 unspecified atom stereocenters. The molecule has 1 aromatic heterocycles. The van der Waals surface area contributed by atoms with E-state index in [1.807, 2.05) is 31.2 Å². The van der Waals surface area contributed by atoms with Crippen LogP contribution < -0.4 is 0 Å². The van der Waals surface area contributed by atoms with Gasteiger partial charge in [0.2, 0.25) is 18.1 Å². The zero-order chi connectivity index (χ0) is 13.9. The number of carbonyl (C=O) groups is 1. The zero-order valence-electron chi connectivity index (χ0n) is 11.5. The zero-order valence-corrected chi connectivity index (χ0v) is 11.5. The molecule has 0 N–H and O–H groups in total. The Kier molecular flexibility index (Phi) is 3.50. The van der Waals surface area contributed by atoms with Gasteiger partial charge in [0, 0.05) is 24.6 Å². The van der Waals surface area contributed by atoms with E-state index in [1.165, 1.54) is 5.56 Å². The highest BCUT2D eigenvalue weighted by Crippen LogP contribution is 2.28. The molecule has 0 radical (unpaired) electrons. The molecule has 0 saturated carbocycles. The smallest absolute Gasteiger partial charge is 0.230 e. The van der Waals surface area contributed by atoms with Crippen LogP contribution in [-0.4, -0.2) is 34.5 Å². The Bertz CT molecular complexity index is 583. The number of piperidine rings is 1. The number of rotatable bonds is 3. The summed E-state index contributed by atoms with van der Waals surface area (Å²) in [5.41, 5.74) is 2.18. The molecular formula is C15H17N3O2. The van der Waals surface area contributed by atoms with E-state index < -0.39 is 0 Å². The molecule has 1 aromatic carbocycles. The lowest BCUT2D eigenvalue weighted by molar-refractivity contribution is -0.119. The van der Waals surface area contributed by atoms with Gasteiger partial charge in [-0.25, -0.2) is 0 Å². The number of aromatic nitrogens is 2. The van der Waals surface area contributed by atoms with Gasteiger partial charge in [0.05, 0.1) is 0 Å². The van der Waals surface area contributed by atoms with Gasteiger partial charge in [-0.1, -0.05) is 35.0 Å². The minimum atomic E-state index is 0.262. The molecule has 0 atom stereocenters. The number of hydrogen-bond donors (Lipinski definition) is 0. The van der Waals surface area contributed by atoms with Crippen molar-refractivity contribution in [1.82, 2.24) is 15.0 Å². The van der Waals surface area contributed by atoms with Gasteiger partial charge in [-0.3, -0.25) is 4.79 Å². The van der Waals surface area contributed by atoms with Crippen LogP contribution in [0.3, 0.4) is 0 Å². The SMILES string of the molecule is Cc1ccc(-c2noc(C3CCN(C=O)CC3)n2)cc1. The van der Waals surface area contributed by atoms with E-state index in [1.54, 1.807) is 4.90 Å². The third-order valence-electron chi connectivity index (χ3n) is 3.78. The van der Waals surface area contributed by atoms with Gasteiger partial charge in [0.25, 0.3) is 0 Å². The summed E-state index contributed by atoms with van der Waals surface area (Å²) >= 11 is 0. The van der Waals surface area contributed by atoms with Crippen LogP contribution >= 0.6 is 0 Å². The van der Waals surface area contributed by atoms with E-state index >= 15 is 0 Å². The number of benzene rings is 1. The van der Waals surface area contributed by atoms with Crippen LogP contribution in [0.2, 0.25) is 0 Å². The van der Waals surface area contributed by atoms with Crippen molar-refractivity contribution < 1.29 is 9.32 Å². The van der Waals surface area contributed by atoms with Crippen molar-refractivity contribution in [3.8, 4) is 11.4 Å². The summed E-state index contributed by atoms with van der Waals surface area (Å²) in [7, 11) is 0.